The van der Waals surface area contributed by atoms with Gasteiger partial charge in [0.1, 0.15) is 5.82 Å². The number of rotatable bonds is 7. The van der Waals surface area contributed by atoms with Crippen molar-refractivity contribution in [3.05, 3.63) is 65.5 Å². The molecule has 2 aromatic rings. The highest BCUT2D eigenvalue weighted by Crippen LogP contribution is 2.08. The number of benzene rings is 2. The highest BCUT2D eigenvalue weighted by Gasteiger charge is 2.15. The number of likely N-dealkylation sites (N-methyl/N-ethyl adjacent to an activating group) is 1. The normalized spacial score (nSPS) is 10.2. The van der Waals surface area contributed by atoms with Gasteiger partial charge >= 0.3 is 5.97 Å². The molecular weight excluding hydrogens is 351 g/mol. The molecule has 0 heterocycles. The molecule has 0 aliphatic heterocycles. The van der Waals surface area contributed by atoms with Gasteiger partial charge in [-0.1, -0.05) is 29.8 Å². The Labute approximate surface area is 156 Å². The number of halogens is 1. The predicted octanol–water partition coefficient (Wildman–Crippen LogP) is 2.32. The molecule has 0 spiro atoms. The van der Waals surface area contributed by atoms with Gasteiger partial charge in [-0.2, -0.15) is 0 Å². The molecule has 2 aromatic carbocycles. The summed E-state index contributed by atoms with van der Waals surface area (Å²) in [4.78, 5) is 36.9. The minimum absolute atomic E-state index is 0.136. The number of amides is 2. The number of hydrogen-bond donors (Lipinski definition) is 1. The van der Waals surface area contributed by atoms with E-state index in [1.165, 1.54) is 30.1 Å². The molecule has 0 bridgehead atoms. The lowest BCUT2D eigenvalue weighted by Crippen LogP contribution is -2.37. The zero-order valence-electron chi connectivity index (χ0n) is 15.2. The van der Waals surface area contributed by atoms with Crippen molar-refractivity contribution in [2.45, 2.75) is 13.3 Å². The van der Waals surface area contributed by atoms with E-state index in [9.17, 15) is 18.8 Å². The number of ether oxygens (including phenoxy) is 1. The summed E-state index contributed by atoms with van der Waals surface area (Å²) in [6.45, 7) is 1.28. The van der Waals surface area contributed by atoms with Crippen LogP contribution in [0.15, 0.2) is 48.5 Å². The Morgan fingerprint density at radius 1 is 1.11 bits per heavy atom. The van der Waals surface area contributed by atoms with Gasteiger partial charge in [-0.05, 0) is 36.8 Å². The first-order valence-corrected chi connectivity index (χ1v) is 8.34. The largest absolute Gasteiger partial charge is 0.455 e. The van der Waals surface area contributed by atoms with Crippen LogP contribution in [0.5, 0.6) is 0 Å². The maximum absolute atomic E-state index is 13.1. The summed E-state index contributed by atoms with van der Waals surface area (Å²) in [6, 6.07) is 12.8. The maximum Gasteiger partial charge on any atom is 0.310 e. The van der Waals surface area contributed by atoms with Crippen molar-refractivity contribution in [3.8, 4) is 0 Å². The quantitative estimate of drug-likeness (QED) is 0.757. The lowest BCUT2D eigenvalue weighted by molar-refractivity contribution is -0.151. The summed E-state index contributed by atoms with van der Waals surface area (Å²) in [5.74, 6) is -1.97. The SMILES string of the molecule is Cc1ccc(NC(=O)CN(C)C(=O)COC(=O)Cc2cccc(F)c2)cc1. The van der Waals surface area contributed by atoms with Crippen LogP contribution in [0.1, 0.15) is 11.1 Å². The van der Waals surface area contributed by atoms with E-state index in [2.05, 4.69) is 5.32 Å². The second kappa shape index (κ2) is 9.47. The number of carbonyl (C=O) groups excluding carboxylic acids is 3. The van der Waals surface area contributed by atoms with Gasteiger partial charge in [0.05, 0.1) is 13.0 Å². The van der Waals surface area contributed by atoms with Crippen LogP contribution in [-0.2, 0) is 25.5 Å². The molecule has 2 amide bonds. The standard InChI is InChI=1S/C20H21FN2O4/c1-14-6-8-17(9-7-14)22-18(24)12-23(2)19(25)13-27-20(26)11-15-4-3-5-16(21)10-15/h3-10H,11-13H2,1-2H3,(H,22,24). The Hall–Kier alpha value is -3.22. The molecule has 0 fully saturated rings. The fourth-order valence-corrected chi connectivity index (χ4v) is 2.26. The zero-order valence-corrected chi connectivity index (χ0v) is 15.2. The number of carbonyl (C=O) groups is 3. The fourth-order valence-electron chi connectivity index (χ4n) is 2.26. The Kier molecular flexibility index (Phi) is 7.05. The monoisotopic (exact) mass is 372 g/mol. The van der Waals surface area contributed by atoms with Crippen LogP contribution in [0, 0.1) is 12.7 Å². The highest BCUT2D eigenvalue weighted by atomic mass is 19.1. The van der Waals surface area contributed by atoms with E-state index in [-0.39, 0.29) is 18.9 Å². The highest BCUT2D eigenvalue weighted by molar-refractivity contribution is 5.94. The third-order valence-corrected chi connectivity index (χ3v) is 3.74. The van der Waals surface area contributed by atoms with Crippen LogP contribution in [0.3, 0.4) is 0 Å². The molecule has 27 heavy (non-hydrogen) atoms. The number of nitrogens with one attached hydrogen (secondary N) is 1. The molecule has 142 valence electrons. The van der Waals surface area contributed by atoms with Crippen LogP contribution in [-0.4, -0.2) is 42.9 Å². The van der Waals surface area contributed by atoms with Gasteiger partial charge in [0, 0.05) is 12.7 Å². The number of hydrogen-bond acceptors (Lipinski definition) is 4. The molecule has 0 atom stereocenters. The van der Waals surface area contributed by atoms with Crippen LogP contribution in [0.4, 0.5) is 10.1 Å². The molecule has 0 radical (unpaired) electrons. The molecule has 0 aliphatic carbocycles. The first-order valence-electron chi connectivity index (χ1n) is 8.34. The third kappa shape index (κ3) is 6.89. The molecule has 1 N–H and O–H groups in total. The molecule has 0 aliphatic rings. The van der Waals surface area contributed by atoms with E-state index in [4.69, 9.17) is 4.74 Å². The Morgan fingerprint density at radius 2 is 1.81 bits per heavy atom. The lowest BCUT2D eigenvalue weighted by atomic mass is 10.1. The van der Waals surface area contributed by atoms with Crippen molar-refractivity contribution in [2.24, 2.45) is 0 Å². The minimum Gasteiger partial charge on any atom is -0.455 e. The van der Waals surface area contributed by atoms with Crippen molar-refractivity contribution >= 4 is 23.5 Å². The number of esters is 1. The van der Waals surface area contributed by atoms with E-state index in [1.54, 1.807) is 18.2 Å². The first-order chi connectivity index (χ1) is 12.8. The molecule has 2 rings (SSSR count). The fraction of sp³-hybridized carbons (Fsp3) is 0.250. The van der Waals surface area contributed by atoms with Gasteiger partial charge in [0.15, 0.2) is 6.61 Å². The van der Waals surface area contributed by atoms with E-state index >= 15 is 0 Å². The van der Waals surface area contributed by atoms with Crippen molar-refractivity contribution in [2.75, 3.05) is 25.5 Å². The topological polar surface area (TPSA) is 75.7 Å². The van der Waals surface area contributed by atoms with E-state index in [0.717, 1.165) is 5.56 Å². The van der Waals surface area contributed by atoms with Gasteiger partial charge in [0.2, 0.25) is 5.91 Å². The van der Waals surface area contributed by atoms with E-state index < -0.39 is 24.3 Å². The van der Waals surface area contributed by atoms with Crippen molar-refractivity contribution in [3.63, 3.8) is 0 Å². The minimum atomic E-state index is -0.647. The Bertz CT molecular complexity index is 821. The molecule has 6 nitrogen and oxygen atoms in total. The molecular formula is C20H21FN2O4. The smallest absolute Gasteiger partial charge is 0.310 e. The molecule has 0 aromatic heterocycles. The second-order valence-corrected chi connectivity index (χ2v) is 6.13. The summed E-state index contributed by atoms with van der Waals surface area (Å²) in [5.41, 5.74) is 2.16. The van der Waals surface area contributed by atoms with Crippen molar-refractivity contribution in [1.82, 2.24) is 4.90 Å². The molecule has 7 heteroatoms. The van der Waals surface area contributed by atoms with Crippen molar-refractivity contribution < 1.29 is 23.5 Å². The Morgan fingerprint density at radius 3 is 2.48 bits per heavy atom. The number of aryl methyl sites for hydroxylation is 1. The number of nitrogens with zero attached hydrogens (tertiary/aromatic N) is 1. The maximum atomic E-state index is 13.1. The van der Waals surface area contributed by atoms with Crippen LogP contribution in [0.2, 0.25) is 0 Å². The second-order valence-electron chi connectivity index (χ2n) is 6.13. The zero-order chi connectivity index (χ0) is 19.8. The lowest BCUT2D eigenvalue weighted by Gasteiger charge is -2.17. The van der Waals surface area contributed by atoms with Crippen LogP contribution < -0.4 is 5.32 Å². The summed E-state index contributed by atoms with van der Waals surface area (Å²) in [6.07, 6.45) is -0.136. The molecule has 0 saturated heterocycles. The van der Waals surface area contributed by atoms with E-state index in [0.29, 0.717) is 11.3 Å². The average Bonchev–Trinajstić information content (AvgIpc) is 2.61. The summed E-state index contributed by atoms with van der Waals surface area (Å²) >= 11 is 0. The van der Waals surface area contributed by atoms with Gasteiger partial charge in [0.25, 0.3) is 5.91 Å². The summed E-state index contributed by atoms with van der Waals surface area (Å²) in [7, 11) is 1.44. The van der Waals surface area contributed by atoms with Crippen LogP contribution >= 0.6 is 0 Å². The van der Waals surface area contributed by atoms with Gasteiger partial charge < -0.3 is 15.0 Å². The Balaban J connectivity index is 1.75. The van der Waals surface area contributed by atoms with Gasteiger partial charge in [-0.25, -0.2) is 4.39 Å². The third-order valence-electron chi connectivity index (χ3n) is 3.74. The van der Waals surface area contributed by atoms with E-state index in [1.807, 2.05) is 19.1 Å². The summed E-state index contributed by atoms with van der Waals surface area (Å²) in [5, 5.41) is 2.68. The first kappa shape index (κ1) is 20.1. The number of anilines is 1. The molecule has 0 saturated carbocycles. The van der Waals surface area contributed by atoms with Crippen molar-refractivity contribution in [1.29, 1.82) is 0 Å². The van der Waals surface area contributed by atoms with Crippen LogP contribution in [0.25, 0.3) is 0 Å². The van der Waals surface area contributed by atoms with Gasteiger partial charge in [-0.3, -0.25) is 14.4 Å². The predicted molar refractivity (Wildman–Crippen MR) is 98.5 cm³/mol. The molecule has 0 unspecified atom stereocenters. The van der Waals surface area contributed by atoms with Gasteiger partial charge in [-0.15, -0.1) is 0 Å². The average molecular weight is 372 g/mol. The summed E-state index contributed by atoms with van der Waals surface area (Å²) < 4.78 is 18.0.